The van der Waals surface area contributed by atoms with Crippen LogP contribution in [0.25, 0.3) is 0 Å². The number of methoxy groups -OCH3 is 1. The lowest BCUT2D eigenvalue weighted by atomic mass is 10.0. The van der Waals surface area contributed by atoms with Gasteiger partial charge >= 0.3 is 0 Å². The zero-order valence-electron chi connectivity index (χ0n) is 26.8. The van der Waals surface area contributed by atoms with Crippen LogP contribution in [-0.4, -0.2) is 90.1 Å². The van der Waals surface area contributed by atoms with E-state index in [-0.39, 0.29) is 40.5 Å². The largest absolute Gasteiger partial charge is 0.494 e. The molecule has 0 atom stereocenters. The molecule has 0 radical (unpaired) electrons. The van der Waals surface area contributed by atoms with Crippen molar-refractivity contribution in [3.05, 3.63) is 41.3 Å². The van der Waals surface area contributed by atoms with Crippen LogP contribution in [0.1, 0.15) is 32.1 Å². The van der Waals surface area contributed by atoms with Gasteiger partial charge in [-0.15, -0.1) is 0 Å². The number of nitrogens with one attached hydrogen (secondary N) is 2. The highest BCUT2D eigenvalue weighted by Crippen LogP contribution is 2.42. The first-order valence-corrected chi connectivity index (χ1v) is 17.4. The van der Waals surface area contributed by atoms with Crippen LogP contribution < -0.4 is 34.0 Å². The summed E-state index contributed by atoms with van der Waals surface area (Å²) >= 11 is 6.46. The molecule has 2 N–H and O–H groups in total. The molecule has 1 aromatic heterocycles. The van der Waals surface area contributed by atoms with E-state index < -0.39 is 15.8 Å². The molecule has 3 aromatic rings. The van der Waals surface area contributed by atoms with E-state index in [4.69, 9.17) is 25.8 Å². The maximum atomic E-state index is 15.2. The first kappa shape index (κ1) is 33.6. The van der Waals surface area contributed by atoms with Crippen LogP contribution in [0.3, 0.4) is 0 Å². The summed E-state index contributed by atoms with van der Waals surface area (Å²) in [5.74, 6) is 0.855. The zero-order valence-corrected chi connectivity index (χ0v) is 28.3. The number of benzene rings is 2. The molecule has 3 aliphatic rings. The van der Waals surface area contributed by atoms with E-state index in [1.807, 2.05) is 12.1 Å². The molecule has 6 bridgehead atoms. The van der Waals surface area contributed by atoms with Gasteiger partial charge in [0.2, 0.25) is 16.0 Å². The Morgan fingerprint density at radius 1 is 1.00 bits per heavy atom. The third-order valence-electron chi connectivity index (χ3n) is 8.25. The molecule has 0 aliphatic carbocycles. The highest BCUT2D eigenvalue weighted by atomic mass is 35.5. The van der Waals surface area contributed by atoms with Crippen LogP contribution in [0.2, 0.25) is 5.02 Å². The standard InChI is InChI=1S/C31H41ClFN7O5S/c1-38(2)20-9-11-40(12-10-20)26-18-28(43-4)24-16-29(26)45-14-8-6-7-13-44-27-17-25(39(3)46(5,41)42)23(15-22(27)33)35-30-21(32)19-34-31(36-24)37-30/h15-20H,6-14H2,1-5H3,(H2,34,35,36,37). The zero-order chi connectivity index (χ0) is 33.0. The van der Waals surface area contributed by atoms with Gasteiger partial charge in [-0.1, -0.05) is 11.6 Å². The van der Waals surface area contributed by atoms with E-state index in [0.29, 0.717) is 36.3 Å². The lowest BCUT2D eigenvalue weighted by molar-refractivity contribution is 0.248. The summed E-state index contributed by atoms with van der Waals surface area (Å²) in [6.07, 6.45) is 6.70. The SMILES string of the molecule is COc1cc(N2CCC(N(C)C)CC2)c2cc1Nc1ncc(Cl)c(n1)Nc1cc(F)c(cc1N(C)S(C)(=O)=O)OCCCCCO2. The maximum absolute atomic E-state index is 15.2. The normalized spacial score (nSPS) is 16.3. The number of ether oxygens (including phenoxy) is 3. The Labute approximate surface area is 274 Å². The Morgan fingerprint density at radius 2 is 1.70 bits per heavy atom. The number of rotatable bonds is 5. The fraction of sp³-hybridized carbons (Fsp3) is 0.484. The van der Waals surface area contributed by atoms with Crippen molar-refractivity contribution in [2.24, 2.45) is 0 Å². The molecular weight excluding hydrogens is 637 g/mol. The minimum atomic E-state index is -3.71. The third kappa shape index (κ3) is 7.78. The fourth-order valence-electron chi connectivity index (χ4n) is 5.50. The van der Waals surface area contributed by atoms with Gasteiger partial charge in [-0.2, -0.15) is 4.98 Å². The number of anilines is 6. The van der Waals surface area contributed by atoms with Crippen LogP contribution in [0, 0.1) is 5.82 Å². The average molecular weight is 678 g/mol. The molecule has 12 nitrogen and oxygen atoms in total. The number of halogens is 2. The fourth-order valence-corrected chi connectivity index (χ4v) is 6.15. The van der Waals surface area contributed by atoms with Crippen LogP contribution in [0.4, 0.5) is 38.9 Å². The topological polar surface area (TPSA) is 121 Å². The predicted molar refractivity (Wildman–Crippen MR) is 180 cm³/mol. The Balaban J connectivity index is 1.53. The monoisotopic (exact) mass is 677 g/mol. The Morgan fingerprint density at radius 3 is 2.35 bits per heavy atom. The van der Waals surface area contributed by atoms with Crippen molar-refractivity contribution >= 4 is 56.1 Å². The molecule has 3 aliphatic heterocycles. The van der Waals surface area contributed by atoms with Crippen molar-refractivity contribution in [3.8, 4) is 17.2 Å². The van der Waals surface area contributed by atoms with Gasteiger partial charge in [-0.3, -0.25) is 4.31 Å². The highest BCUT2D eigenvalue weighted by molar-refractivity contribution is 7.92. The number of aromatic nitrogens is 2. The summed E-state index contributed by atoms with van der Waals surface area (Å²) in [6, 6.07) is 6.90. The predicted octanol–water partition coefficient (Wildman–Crippen LogP) is 5.63. The Hall–Kier alpha value is -3.75. The summed E-state index contributed by atoms with van der Waals surface area (Å²) in [4.78, 5) is 13.5. The van der Waals surface area contributed by atoms with E-state index in [1.54, 1.807) is 7.11 Å². The second-order valence-corrected chi connectivity index (χ2v) is 14.1. The first-order valence-electron chi connectivity index (χ1n) is 15.2. The van der Waals surface area contributed by atoms with Crippen LogP contribution >= 0.6 is 11.6 Å². The van der Waals surface area contributed by atoms with Gasteiger partial charge in [0.05, 0.1) is 55.5 Å². The van der Waals surface area contributed by atoms with E-state index in [9.17, 15) is 8.42 Å². The van der Waals surface area contributed by atoms with Gasteiger partial charge < -0.3 is 34.6 Å². The van der Waals surface area contributed by atoms with Crippen LogP contribution in [0.15, 0.2) is 30.5 Å². The smallest absolute Gasteiger partial charge is 0.232 e. The molecule has 46 heavy (non-hydrogen) atoms. The van der Waals surface area contributed by atoms with E-state index in [2.05, 4.69) is 44.5 Å². The molecule has 15 heteroatoms. The second kappa shape index (κ2) is 14.3. The summed E-state index contributed by atoms with van der Waals surface area (Å²) in [5, 5.41) is 6.34. The number of piperidine rings is 1. The van der Waals surface area contributed by atoms with Crippen molar-refractivity contribution < 1.29 is 27.0 Å². The van der Waals surface area contributed by atoms with Gasteiger partial charge in [0.25, 0.3) is 0 Å². The third-order valence-corrected chi connectivity index (χ3v) is 9.72. The van der Waals surface area contributed by atoms with Crippen molar-refractivity contribution in [2.45, 2.75) is 38.1 Å². The second-order valence-electron chi connectivity index (χ2n) is 11.6. The molecule has 0 spiro atoms. The Bertz CT molecular complexity index is 1650. The highest BCUT2D eigenvalue weighted by Gasteiger charge is 2.25. The van der Waals surface area contributed by atoms with Crippen molar-refractivity contribution in [1.29, 1.82) is 0 Å². The quantitative estimate of drug-likeness (QED) is 0.349. The molecule has 6 rings (SSSR count). The molecule has 4 heterocycles. The molecule has 0 saturated carbocycles. The van der Waals surface area contributed by atoms with Gasteiger partial charge in [0.15, 0.2) is 17.4 Å². The first-order chi connectivity index (χ1) is 21.9. The summed E-state index contributed by atoms with van der Waals surface area (Å²) in [6.45, 7) is 2.48. The van der Waals surface area contributed by atoms with E-state index >= 15 is 4.39 Å². The van der Waals surface area contributed by atoms with Crippen molar-refractivity contribution in [3.63, 3.8) is 0 Å². The number of hydrogen-bond acceptors (Lipinski definition) is 11. The van der Waals surface area contributed by atoms with Gasteiger partial charge in [0.1, 0.15) is 16.5 Å². The summed E-state index contributed by atoms with van der Waals surface area (Å²) in [7, 11) is 3.50. The van der Waals surface area contributed by atoms with Crippen molar-refractivity contribution in [2.75, 3.05) is 80.7 Å². The lowest BCUT2D eigenvalue weighted by Crippen LogP contribution is -2.42. The van der Waals surface area contributed by atoms with Gasteiger partial charge in [-0.05, 0) is 46.2 Å². The summed E-state index contributed by atoms with van der Waals surface area (Å²) < 4.78 is 59.2. The number of hydrogen-bond donors (Lipinski definition) is 2. The molecule has 1 fully saturated rings. The number of fused-ring (bicyclic) bond motifs is 8. The number of nitrogens with zero attached hydrogens (tertiary/aromatic N) is 5. The molecule has 1 saturated heterocycles. The van der Waals surface area contributed by atoms with E-state index in [1.165, 1.54) is 19.3 Å². The molecule has 250 valence electrons. The van der Waals surface area contributed by atoms with Crippen LogP contribution in [0.5, 0.6) is 17.2 Å². The Kier molecular flexibility index (Phi) is 10.5. The molecular formula is C31H41ClFN7O5S. The van der Waals surface area contributed by atoms with Crippen LogP contribution in [-0.2, 0) is 10.0 Å². The van der Waals surface area contributed by atoms with Gasteiger partial charge in [0, 0.05) is 50.4 Å². The maximum Gasteiger partial charge on any atom is 0.232 e. The minimum absolute atomic E-state index is 0.0628. The lowest BCUT2D eigenvalue weighted by Gasteiger charge is -2.37. The minimum Gasteiger partial charge on any atom is -0.494 e. The van der Waals surface area contributed by atoms with E-state index in [0.717, 1.165) is 61.1 Å². The molecule has 0 amide bonds. The average Bonchev–Trinajstić information content (AvgIpc) is 3.02. The van der Waals surface area contributed by atoms with Crippen molar-refractivity contribution in [1.82, 2.24) is 14.9 Å². The summed E-state index contributed by atoms with van der Waals surface area (Å²) in [5.41, 5.74) is 1.81. The number of sulfonamides is 1. The molecule has 0 unspecified atom stereocenters. The molecule has 2 aromatic carbocycles. The van der Waals surface area contributed by atoms with Gasteiger partial charge in [-0.25, -0.2) is 17.8 Å².